The molecule has 28 heavy (non-hydrogen) atoms. The Morgan fingerprint density at radius 2 is 1.68 bits per heavy atom. The summed E-state index contributed by atoms with van der Waals surface area (Å²) in [5, 5.41) is 4.04. The molecule has 0 aliphatic carbocycles. The zero-order valence-electron chi connectivity index (χ0n) is 16.4. The molecule has 0 radical (unpaired) electrons. The molecule has 1 aromatic carbocycles. The van der Waals surface area contributed by atoms with Gasteiger partial charge in [-0.15, -0.1) is 0 Å². The summed E-state index contributed by atoms with van der Waals surface area (Å²) in [6.07, 6.45) is 2.68. The Morgan fingerprint density at radius 1 is 1.07 bits per heavy atom. The first-order valence-corrected chi connectivity index (χ1v) is 12.8. The van der Waals surface area contributed by atoms with Crippen molar-refractivity contribution < 1.29 is 13.2 Å². The monoisotopic (exact) mass is 446 g/mol. The largest absolute Gasteiger partial charge is 0.409 e. The van der Waals surface area contributed by atoms with Gasteiger partial charge in [-0.05, 0) is 24.2 Å². The summed E-state index contributed by atoms with van der Waals surface area (Å²) in [5.41, 5.74) is 0.938. The first-order chi connectivity index (χ1) is 13.4. The van der Waals surface area contributed by atoms with Crippen LogP contribution in [0.4, 0.5) is 8.78 Å². The lowest BCUT2D eigenvalue weighted by molar-refractivity contribution is 0.185. The predicted molar refractivity (Wildman–Crippen MR) is 113 cm³/mol. The third kappa shape index (κ3) is 5.51. The van der Waals surface area contributed by atoms with Crippen LogP contribution in [0.2, 0.25) is 28.2 Å². The molecule has 0 fully saturated rings. The second-order valence-corrected chi connectivity index (χ2v) is 12.2. The van der Waals surface area contributed by atoms with Gasteiger partial charge in [0, 0.05) is 36.6 Å². The molecule has 0 bridgehead atoms. The van der Waals surface area contributed by atoms with Gasteiger partial charge >= 0.3 is 0 Å². The lowest BCUT2D eigenvalue weighted by Crippen LogP contribution is -2.40. The molecule has 1 unspecified atom stereocenters. The van der Waals surface area contributed by atoms with Gasteiger partial charge in [-0.25, -0.2) is 8.78 Å². The van der Waals surface area contributed by atoms with E-state index in [4.69, 9.17) is 27.6 Å². The van der Waals surface area contributed by atoms with Crippen LogP contribution in [0.1, 0.15) is 38.0 Å². The number of aromatic nitrogens is 1. The smallest absolute Gasteiger partial charge is 0.192 e. The van der Waals surface area contributed by atoms with Gasteiger partial charge in [0.25, 0.3) is 0 Å². The molecule has 0 saturated heterocycles. The van der Waals surface area contributed by atoms with Crippen molar-refractivity contribution in [1.29, 1.82) is 0 Å². The number of benzene rings is 1. The van der Waals surface area contributed by atoms with Crippen LogP contribution < -0.4 is 5.32 Å². The molecule has 2 aromatic rings. The predicted octanol–water partition coefficient (Wildman–Crippen LogP) is 6.52. The first kappa shape index (κ1) is 23.2. The van der Waals surface area contributed by atoms with Crippen LogP contribution in [0, 0.1) is 11.6 Å². The van der Waals surface area contributed by atoms with Crippen molar-refractivity contribution in [2.24, 2.45) is 0 Å². The van der Waals surface area contributed by atoms with E-state index in [1.165, 1.54) is 6.07 Å². The Bertz CT molecular complexity index is 762. The Morgan fingerprint density at radius 3 is 2.25 bits per heavy atom. The van der Waals surface area contributed by atoms with E-state index in [1.807, 2.05) is 0 Å². The topological polar surface area (TPSA) is 34.1 Å². The van der Waals surface area contributed by atoms with Crippen molar-refractivity contribution in [1.82, 2.24) is 10.3 Å². The maximum absolute atomic E-state index is 13.9. The molecule has 0 amide bonds. The molecule has 8 heteroatoms. The fourth-order valence-electron chi connectivity index (χ4n) is 3.26. The highest BCUT2D eigenvalue weighted by Crippen LogP contribution is 2.36. The molecule has 1 heterocycles. The third-order valence-electron chi connectivity index (χ3n) is 5.21. The van der Waals surface area contributed by atoms with Crippen LogP contribution in [-0.4, -0.2) is 19.8 Å². The van der Waals surface area contributed by atoms with Crippen LogP contribution in [-0.2, 0) is 11.0 Å². The Hall–Kier alpha value is -1.05. The number of rotatable bonds is 10. The second-order valence-electron chi connectivity index (χ2n) is 6.71. The average molecular weight is 447 g/mol. The molecular weight excluding hydrogens is 421 g/mol. The van der Waals surface area contributed by atoms with Gasteiger partial charge < -0.3 is 9.74 Å². The molecule has 1 atom stereocenters. The summed E-state index contributed by atoms with van der Waals surface area (Å²) in [7, 11) is -1.97. The Kier molecular flexibility index (Phi) is 8.83. The van der Waals surface area contributed by atoms with Crippen molar-refractivity contribution in [3.05, 3.63) is 63.4 Å². The van der Waals surface area contributed by atoms with E-state index >= 15 is 0 Å². The summed E-state index contributed by atoms with van der Waals surface area (Å²) in [6.45, 7) is 6.96. The van der Waals surface area contributed by atoms with E-state index in [0.717, 1.165) is 24.2 Å². The molecule has 0 saturated carbocycles. The summed E-state index contributed by atoms with van der Waals surface area (Å²) < 4.78 is 34.0. The normalized spacial score (nSPS) is 13.0. The van der Waals surface area contributed by atoms with Gasteiger partial charge in [0.2, 0.25) is 0 Å². The van der Waals surface area contributed by atoms with Gasteiger partial charge in [-0.2, -0.15) is 0 Å². The van der Waals surface area contributed by atoms with Crippen molar-refractivity contribution >= 4 is 31.5 Å². The van der Waals surface area contributed by atoms with E-state index in [0.29, 0.717) is 22.2 Å². The van der Waals surface area contributed by atoms with Gasteiger partial charge in [0.15, 0.2) is 20.0 Å². The summed E-state index contributed by atoms with van der Waals surface area (Å²) in [5.74, 6) is -1.70. The quantitative estimate of drug-likeness (QED) is 0.421. The minimum absolute atomic E-state index is 0.169. The van der Waals surface area contributed by atoms with Crippen LogP contribution >= 0.6 is 23.2 Å². The van der Waals surface area contributed by atoms with Gasteiger partial charge in [-0.3, -0.25) is 4.98 Å². The number of pyridine rings is 1. The maximum Gasteiger partial charge on any atom is 0.192 e. The van der Waals surface area contributed by atoms with Crippen molar-refractivity contribution in [2.45, 2.75) is 51.6 Å². The molecule has 0 aliphatic rings. The molecule has 0 spiro atoms. The maximum atomic E-state index is 13.9. The van der Waals surface area contributed by atoms with Crippen LogP contribution in [0.15, 0.2) is 30.6 Å². The molecule has 1 aromatic heterocycles. The lowest BCUT2D eigenvalue weighted by Gasteiger charge is -2.34. The van der Waals surface area contributed by atoms with E-state index in [9.17, 15) is 8.78 Å². The first-order valence-electron chi connectivity index (χ1n) is 9.47. The standard InChI is InChI=1S/C20H26Cl2F2N2OSi/c1-4-28(5-2,6-3)27-18(19-15(21)11-26-12-16(19)22)13-25-10-14-8-7-9-17(23)20(14)24/h7-9,11-12,18,25H,4-6,10,13H2,1-3H3. The second kappa shape index (κ2) is 10.6. The zero-order chi connectivity index (χ0) is 20.7. The van der Waals surface area contributed by atoms with E-state index in [2.05, 4.69) is 31.1 Å². The number of nitrogens with one attached hydrogen (secondary N) is 1. The highest BCUT2D eigenvalue weighted by molar-refractivity contribution is 6.73. The fourth-order valence-corrected chi connectivity index (χ4v) is 6.67. The van der Waals surface area contributed by atoms with Crippen molar-refractivity contribution in [3.63, 3.8) is 0 Å². The number of hydrogen-bond donors (Lipinski definition) is 1. The number of hydrogen-bond acceptors (Lipinski definition) is 3. The molecule has 0 aliphatic heterocycles. The Balaban J connectivity index is 2.24. The van der Waals surface area contributed by atoms with Gasteiger partial charge in [-0.1, -0.05) is 56.1 Å². The van der Waals surface area contributed by atoms with E-state index in [1.54, 1.807) is 18.5 Å². The number of halogens is 4. The van der Waals surface area contributed by atoms with E-state index in [-0.39, 0.29) is 12.1 Å². The SMILES string of the molecule is CC[Si](CC)(CC)OC(CNCc1cccc(F)c1F)c1c(Cl)cncc1Cl. The van der Waals surface area contributed by atoms with Crippen molar-refractivity contribution in [2.75, 3.05) is 6.54 Å². The molecule has 2 rings (SSSR count). The van der Waals surface area contributed by atoms with Gasteiger partial charge in [0.05, 0.1) is 16.1 Å². The Labute approximate surface area is 176 Å². The molecular formula is C20H26Cl2F2N2OSi. The van der Waals surface area contributed by atoms with Crippen LogP contribution in [0.25, 0.3) is 0 Å². The molecule has 1 N–H and O–H groups in total. The van der Waals surface area contributed by atoms with Crippen LogP contribution in [0.3, 0.4) is 0 Å². The van der Waals surface area contributed by atoms with Crippen LogP contribution in [0.5, 0.6) is 0 Å². The summed E-state index contributed by atoms with van der Waals surface area (Å²) >= 11 is 12.8. The van der Waals surface area contributed by atoms with Crippen molar-refractivity contribution in [3.8, 4) is 0 Å². The fraction of sp³-hybridized carbons (Fsp3) is 0.450. The summed E-state index contributed by atoms with van der Waals surface area (Å²) in [6, 6.07) is 7.05. The molecule has 154 valence electrons. The highest BCUT2D eigenvalue weighted by Gasteiger charge is 2.34. The summed E-state index contributed by atoms with van der Waals surface area (Å²) in [4.78, 5) is 4.01. The van der Waals surface area contributed by atoms with Gasteiger partial charge in [0.1, 0.15) is 0 Å². The van der Waals surface area contributed by atoms with E-state index < -0.39 is 26.1 Å². The zero-order valence-corrected chi connectivity index (χ0v) is 18.9. The average Bonchev–Trinajstić information content (AvgIpc) is 2.69. The minimum atomic E-state index is -1.97. The number of nitrogens with zero attached hydrogens (tertiary/aromatic N) is 1. The lowest BCUT2D eigenvalue weighted by atomic mass is 10.1. The third-order valence-corrected chi connectivity index (χ3v) is 10.5. The minimum Gasteiger partial charge on any atom is -0.409 e. The molecule has 3 nitrogen and oxygen atoms in total. The highest BCUT2D eigenvalue weighted by atomic mass is 35.5.